The van der Waals surface area contributed by atoms with Gasteiger partial charge in [-0.3, -0.25) is 9.59 Å². The topological polar surface area (TPSA) is 151 Å². The van der Waals surface area contributed by atoms with Gasteiger partial charge < -0.3 is 21.2 Å². The van der Waals surface area contributed by atoms with Crippen LogP contribution < -0.4 is 28.0 Å². The van der Waals surface area contributed by atoms with E-state index in [1.54, 1.807) is 54.7 Å². The van der Waals surface area contributed by atoms with Gasteiger partial charge in [0.15, 0.2) is 5.84 Å². The third-order valence-electron chi connectivity index (χ3n) is 5.52. The number of nitriles is 1. The lowest BCUT2D eigenvalue weighted by atomic mass is 10.0. The minimum atomic E-state index is -0.710. The van der Waals surface area contributed by atoms with Crippen molar-refractivity contribution in [2.75, 3.05) is 5.32 Å². The maximum absolute atomic E-state index is 13.2. The molecule has 0 saturated heterocycles. The molecule has 0 aliphatic rings. The number of hydrogen-bond acceptors (Lipinski definition) is 6. The van der Waals surface area contributed by atoms with E-state index in [2.05, 4.69) is 21.9 Å². The molecule has 1 atom stereocenters. The second kappa shape index (κ2) is 11.8. The predicted molar refractivity (Wildman–Crippen MR) is 138 cm³/mol. The highest BCUT2D eigenvalue weighted by Gasteiger charge is 2.22. The normalized spacial score (nSPS) is 12.0. The number of carbonyl (C=O) groups is 1. The van der Waals surface area contributed by atoms with Gasteiger partial charge in [0.05, 0.1) is 11.6 Å². The van der Waals surface area contributed by atoms with Crippen LogP contribution >= 0.6 is 11.6 Å². The number of nitrogens with zero attached hydrogens (tertiary/aromatic N) is 3. The molecule has 1 amide bonds. The fourth-order valence-electron chi connectivity index (χ4n) is 3.69. The van der Waals surface area contributed by atoms with E-state index in [1.807, 2.05) is 6.92 Å². The third kappa shape index (κ3) is 6.06. The number of amidine groups is 1. The number of carbonyl (C=O) groups excluding carboxylic acids is 1. The zero-order valence-corrected chi connectivity index (χ0v) is 19.9. The monoisotopic (exact) mass is 491 g/mol. The summed E-state index contributed by atoms with van der Waals surface area (Å²) >= 11 is 6.10. The van der Waals surface area contributed by atoms with Crippen LogP contribution in [0.3, 0.4) is 0 Å². The molecule has 1 aromatic heterocycles. The van der Waals surface area contributed by atoms with Crippen LogP contribution in [0.4, 0.5) is 5.69 Å². The fraction of sp³-hybridized carbons (Fsp3) is 0.200. The third-order valence-corrected chi connectivity index (χ3v) is 5.76. The molecule has 35 heavy (non-hydrogen) atoms. The number of pyridine rings is 1. The van der Waals surface area contributed by atoms with Gasteiger partial charge in [0, 0.05) is 34.1 Å². The fourth-order valence-corrected chi connectivity index (χ4v) is 3.87. The Kier molecular flexibility index (Phi) is 8.62. The van der Waals surface area contributed by atoms with Gasteiger partial charge in [-0.2, -0.15) is 10.4 Å². The molecule has 0 aliphatic heterocycles. The first-order valence-corrected chi connectivity index (χ1v) is 11.4. The molecule has 9 nitrogen and oxygen atoms in total. The molecule has 0 spiro atoms. The molecule has 3 aromatic rings. The number of hydrogen-bond donors (Lipinski definition) is 4. The van der Waals surface area contributed by atoms with Crippen molar-refractivity contribution in [1.82, 2.24) is 9.99 Å². The largest absolute Gasteiger partial charge is 0.324 e. The summed E-state index contributed by atoms with van der Waals surface area (Å²) in [6.45, 7) is 2.02. The SMILES string of the molecule is CCCCC(C(=O)Nc1ccc(/C(=N/N)NN)cc1)n1ccc(-c2cc(Cl)ccc2C#N)cc1=O. The van der Waals surface area contributed by atoms with Gasteiger partial charge >= 0.3 is 0 Å². The number of nitrogens with two attached hydrogens (primary N) is 2. The molecule has 6 N–H and O–H groups in total. The van der Waals surface area contributed by atoms with E-state index in [1.165, 1.54) is 10.6 Å². The van der Waals surface area contributed by atoms with Crippen LogP contribution in [0, 0.1) is 11.3 Å². The van der Waals surface area contributed by atoms with Crippen molar-refractivity contribution in [2.24, 2.45) is 16.8 Å². The minimum absolute atomic E-state index is 0.301. The predicted octanol–water partition coefficient (Wildman–Crippen LogP) is 3.49. The summed E-state index contributed by atoms with van der Waals surface area (Å²) < 4.78 is 1.41. The molecule has 3 rings (SSSR count). The van der Waals surface area contributed by atoms with Crippen LogP contribution in [0.5, 0.6) is 0 Å². The molecule has 10 heteroatoms. The van der Waals surface area contributed by atoms with Gasteiger partial charge in [-0.1, -0.05) is 31.4 Å². The standard InChI is InChI=1S/C25H26ClN7O2/c1-2-3-4-22(25(35)30-20-9-6-16(7-10-20)24(31-28)32-29)33-12-11-17(13-23(33)34)21-14-19(26)8-5-18(21)15-27/h5-14,22H,2-4,28-29H2,1H3,(H,30,35)(H,31,32). The molecule has 1 heterocycles. The van der Waals surface area contributed by atoms with E-state index in [9.17, 15) is 14.9 Å². The Bertz CT molecular complexity index is 1330. The Morgan fingerprint density at radius 2 is 1.94 bits per heavy atom. The number of unbranched alkanes of at least 4 members (excludes halogenated alkanes) is 1. The van der Waals surface area contributed by atoms with Gasteiger partial charge in [-0.05, 0) is 60.5 Å². The van der Waals surface area contributed by atoms with Gasteiger partial charge in [-0.25, -0.2) is 5.84 Å². The van der Waals surface area contributed by atoms with E-state index in [-0.39, 0.29) is 11.5 Å². The molecule has 0 radical (unpaired) electrons. The highest BCUT2D eigenvalue weighted by atomic mass is 35.5. The van der Waals surface area contributed by atoms with E-state index in [0.29, 0.717) is 45.2 Å². The molecular formula is C25H26ClN7O2. The summed E-state index contributed by atoms with van der Waals surface area (Å²) in [6, 6.07) is 16.2. The van der Waals surface area contributed by atoms with Crippen molar-refractivity contribution in [3.63, 3.8) is 0 Å². The Labute approximate surface area is 208 Å². The summed E-state index contributed by atoms with van der Waals surface area (Å²) in [4.78, 5) is 26.3. The Morgan fingerprint density at radius 1 is 1.20 bits per heavy atom. The van der Waals surface area contributed by atoms with E-state index < -0.39 is 6.04 Å². The Balaban J connectivity index is 1.89. The number of rotatable bonds is 8. The minimum Gasteiger partial charge on any atom is -0.324 e. The van der Waals surface area contributed by atoms with Crippen molar-refractivity contribution >= 4 is 29.0 Å². The van der Waals surface area contributed by atoms with Gasteiger partial charge in [0.1, 0.15) is 6.04 Å². The molecule has 0 bridgehead atoms. The van der Waals surface area contributed by atoms with E-state index in [4.69, 9.17) is 23.3 Å². The molecule has 0 fully saturated rings. The van der Waals surface area contributed by atoms with Gasteiger partial charge in [0.25, 0.3) is 5.56 Å². The van der Waals surface area contributed by atoms with Crippen molar-refractivity contribution < 1.29 is 4.79 Å². The van der Waals surface area contributed by atoms with Gasteiger partial charge in [0.2, 0.25) is 5.91 Å². The lowest BCUT2D eigenvalue weighted by molar-refractivity contribution is -0.119. The summed E-state index contributed by atoms with van der Waals surface area (Å²) in [7, 11) is 0. The van der Waals surface area contributed by atoms with Crippen molar-refractivity contribution in [3.05, 3.63) is 87.3 Å². The molecule has 0 saturated carbocycles. The van der Waals surface area contributed by atoms with Crippen LogP contribution in [0.15, 0.2) is 70.7 Å². The quantitative estimate of drug-likeness (QED) is 0.164. The van der Waals surface area contributed by atoms with Crippen molar-refractivity contribution in [3.8, 4) is 17.2 Å². The average molecular weight is 492 g/mol. The van der Waals surface area contributed by atoms with Crippen LogP contribution in [0.2, 0.25) is 5.02 Å². The summed E-state index contributed by atoms with van der Waals surface area (Å²) in [5.74, 6) is 10.7. The maximum atomic E-state index is 13.2. The first-order chi connectivity index (χ1) is 16.9. The van der Waals surface area contributed by atoms with Crippen LogP contribution in [-0.4, -0.2) is 16.3 Å². The number of hydrazine groups is 1. The first-order valence-electron chi connectivity index (χ1n) is 11.0. The van der Waals surface area contributed by atoms with Crippen molar-refractivity contribution in [2.45, 2.75) is 32.2 Å². The molecule has 1 unspecified atom stereocenters. The molecule has 2 aromatic carbocycles. The lowest BCUT2D eigenvalue weighted by Crippen LogP contribution is -2.33. The molecular weight excluding hydrogens is 466 g/mol. The summed E-state index contributed by atoms with van der Waals surface area (Å²) in [5.41, 5.74) is 4.78. The zero-order chi connectivity index (χ0) is 25.4. The average Bonchev–Trinajstić information content (AvgIpc) is 2.86. The number of hydrazone groups is 1. The highest BCUT2D eigenvalue weighted by molar-refractivity contribution is 6.30. The van der Waals surface area contributed by atoms with Crippen LogP contribution in [-0.2, 0) is 4.79 Å². The Hall–Kier alpha value is -4.13. The number of benzene rings is 2. The van der Waals surface area contributed by atoms with E-state index >= 15 is 0 Å². The first kappa shape index (κ1) is 25.5. The number of nitrogens with one attached hydrogen (secondary N) is 2. The number of aromatic nitrogens is 1. The summed E-state index contributed by atoms with van der Waals surface area (Å²) in [6.07, 6.45) is 3.70. The smallest absolute Gasteiger partial charge is 0.251 e. The number of anilines is 1. The van der Waals surface area contributed by atoms with Gasteiger partial charge in [-0.15, -0.1) is 0 Å². The molecule has 0 aliphatic carbocycles. The number of amides is 1. The van der Waals surface area contributed by atoms with Crippen molar-refractivity contribution in [1.29, 1.82) is 5.26 Å². The highest BCUT2D eigenvalue weighted by Crippen LogP contribution is 2.26. The van der Waals surface area contributed by atoms with E-state index in [0.717, 1.165) is 12.8 Å². The molecule has 180 valence electrons. The zero-order valence-electron chi connectivity index (χ0n) is 19.2. The van der Waals surface area contributed by atoms with Crippen LogP contribution in [0.25, 0.3) is 11.1 Å². The van der Waals surface area contributed by atoms with Crippen LogP contribution in [0.1, 0.15) is 43.4 Å². The maximum Gasteiger partial charge on any atom is 0.251 e. The Morgan fingerprint density at radius 3 is 2.54 bits per heavy atom. The second-order valence-corrected chi connectivity index (χ2v) is 8.25. The lowest BCUT2D eigenvalue weighted by Gasteiger charge is -2.20. The summed E-state index contributed by atoms with van der Waals surface area (Å²) in [5, 5.41) is 16.3. The number of halogens is 1. The second-order valence-electron chi connectivity index (χ2n) is 7.81.